The first-order valence-electron chi connectivity index (χ1n) is 19.6. The largest absolute Gasteiger partial charge is 0.309 e. The highest BCUT2D eigenvalue weighted by atomic mass is 15.2. The first kappa shape index (κ1) is 31.7. The van der Waals surface area contributed by atoms with Crippen molar-refractivity contribution in [2.45, 2.75) is 0 Å². The van der Waals surface area contributed by atoms with Gasteiger partial charge in [-0.15, -0.1) is 0 Å². The van der Waals surface area contributed by atoms with E-state index in [4.69, 9.17) is 0 Å². The van der Waals surface area contributed by atoms with Crippen LogP contribution in [-0.2, 0) is 0 Å². The fraction of sp³-hybridized carbons (Fsp3) is 0. The normalized spacial score (nSPS) is 11.9. The summed E-state index contributed by atoms with van der Waals surface area (Å²) in [5, 5.41) is 7.48. The molecule has 3 aromatic heterocycles. The molecule has 3 nitrogen and oxygen atoms in total. The van der Waals surface area contributed by atoms with Crippen molar-refractivity contribution < 1.29 is 0 Å². The van der Waals surface area contributed by atoms with E-state index in [1.54, 1.807) is 0 Å². The summed E-state index contributed by atoms with van der Waals surface area (Å²) in [6.45, 7) is 0. The molecule has 9 aromatic carbocycles. The Bertz CT molecular complexity index is 3430. The Morgan fingerprint density at radius 3 is 1.58 bits per heavy atom. The lowest BCUT2D eigenvalue weighted by molar-refractivity contribution is 1.18. The summed E-state index contributed by atoms with van der Waals surface area (Å²) in [7, 11) is 0. The molecule has 0 aliphatic carbocycles. The summed E-state index contributed by atoms with van der Waals surface area (Å²) in [6.07, 6.45) is 0. The van der Waals surface area contributed by atoms with Gasteiger partial charge in [-0.2, -0.15) is 0 Å². The minimum absolute atomic E-state index is 1.10. The molecule has 3 heteroatoms. The molecule has 0 bridgehead atoms. The number of hydrogen-bond acceptors (Lipinski definition) is 1. The molecule has 0 aliphatic rings. The smallest absolute Gasteiger partial charge is 0.0621 e. The number of para-hydroxylation sites is 3. The number of rotatable bonds is 6. The summed E-state index contributed by atoms with van der Waals surface area (Å²) in [4.78, 5) is 2.51. The molecule has 57 heavy (non-hydrogen) atoms. The highest BCUT2D eigenvalue weighted by Gasteiger charge is 2.26. The van der Waals surface area contributed by atoms with Crippen LogP contribution in [0, 0.1) is 0 Å². The molecular formula is C54H35N3. The van der Waals surface area contributed by atoms with Crippen LogP contribution in [0.25, 0.3) is 87.8 Å². The number of nitrogens with zero attached hydrogens (tertiary/aromatic N) is 3. The zero-order valence-electron chi connectivity index (χ0n) is 31.0. The van der Waals surface area contributed by atoms with Crippen molar-refractivity contribution in [3.05, 3.63) is 212 Å². The summed E-state index contributed by atoms with van der Waals surface area (Å²) in [5.74, 6) is 0. The third kappa shape index (κ3) is 4.73. The van der Waals surface area contributed by atoms with Gasteiger partial charge in [0.2, 0.25) is 0 Å². The minimum atomic E-state index is 1.10. The van der Waals surface area contributed by atoms with Gasteiger partial charge in [0.15, 0.2) is 0 Å². The van der Waals surface area contributed by atoms with Gasteiger partial charge in [0.1, 0.15) is 0 Å². The molecule has 0 fully saturated rings. The maximum atomic E-state index is 2.51. The zero-order valence-corrected chi connectivity index (χ0v) is 31.0. The van der Waals surface area contributed by atoms with Crippen molar-refractivity contribution in [1.82, 2.24) is 8.97 Å². The van der Waals surface area contributed by atoms with E-state index >= 15 is 0 Å². The van der Waals surface area contributed by atoms with Crippen LogP contribution in [0.15, 0.2) is 212 Å². The van der Waals surface area contributed by atoms with Crippen LogP contribution < -0.4 is 4.90 Å². The van der Waals surface area contributed by atoms with E-state index in [-0.39, 0.29) is 0 Å². The molecule has 0 N–H and O–H groups in total. The maximum Gasteiger partial charge on any atom is 0.0621 e. The summed E-state index contributed by atoms with van der Waals surface area (Å²) < 4.78 is 4.90. The first-order chi connectivity index (χ1) is 28.3. The molecule has 266 valence electrons. The van der Waals surface area contributed by atoms with E-state index in [0.717, 1.165) is 28.3 Å². The number of hydrogen-bond donors (Lipinski definition) is 0. The second kappa shape index (κ2) is 12.5. The second-order valence-electron chi connectivity index (χ2n) is 14.9. The van der Waals surface area contributed by atoms with Gasteiger partial charge < -0.3 is 13.9 Å². The minimum Gasteiger partial charge on any atom is -0.309 e. The third-order valence-electron chi connectivity index (χ3n) is 11.8. The van der Waals surface area contributed by atoms with Crippen molar-refractivity contribution in [3.8, 4) is 27.9 Å². The van der Waals surface area contributed by atoms with Gasteiger partial charge in [-0.05, 0) is 89.0 Å². The molecule has 0 radical (unpaired) electrons. The number of aromatic nitrogens is 2. The Balaban J connectivity index is 1.20. The highest BCUT2D eigenvalue weighted by Crippen LogP contribution is 2.49. The SMILES string of the molecule is c1ccc(-c2ccc(N(c3cccc4c3c3cc(-c5ccccc5)ccc3n4-c3ccccc3)c3cccc4c3c3cccc5c6ccccc6n4c53)cc2)cc1. The zero-order chi connectivity index (χ0) is 37.5. The Kier molecular flexibility index (Phi) is 6.93. The van der Waals surface area contributed by atoms with E-state index in [0.29, 0.717) is 0 Å². The van der Waals surface area contributed by atoms with E-state index in [1.807, 2.05) is 0 Å². The summed E-state index contributed by atoms with van der Waals surface area (Å²) >= 11 is 0. The van der Waals surface area contributed by atoms with Crippen LogP contribution in [0.4, 0.5) is 17.1 Å². The maximum absolute atomic E-state index is 2.51. The summed E-state index contributed by atoms with van der Waals surface area (Å²) in [6, 6.07) is 77.4. The molecule has 0 unspecified atom stereocenters. The molecule has 0 saturated carbocycles. The van der Waals surface area contributed by atoms with Crippen LogP contribution in [0.5, 0.6) is 0 Å². The van der Waals surface area contributed by atoms with Crippen molar-refractivity contribution in [3.63, 3.8) is 0 Å². The molecule has 0 amide bonds. The van der Waals surface area contributed by atoms with Crippen molar-refractivity contribution >= 4 is 77.0 Å². The van der Waals surface area contributed by atoms with Crippen LogP contribution in [-0.4, -0.2) is 8.97 Å². The van der Waals surface area contributed by atoms with Gasteiger partial charge in [0.05, 0.1) is 39.0 Å². The first-order valence-corrected chi connectivity index (χ1v) is 19.6. The van der Waals surface area contributed by atoms with Gasteiger partial charge in [-0.1, -0.05) is 146 Å². The fourth-order valence-corrected chi connectivity index (χ4v) is 9.39. The highest BCUT2D eigenvalue weighted by molar-refractivity contribution is 6.27. The van der Waals surface area contributed by atoms with Gasteiger partial charge in [-0.3, -0.25) is 0 Å². The van der Waals surface area contributed by atoms with Crippen molar-refractivity contribution in [2.75, 3.05) is 4.90 Å². The Morgan fingerprint density at radius 1 is 0.316 bits per heavy atom. The lowest BCUT2D eigenvalue weighted by Crippen LogP contribution is -2.11. The molecule has 0 atom stereocenters. The van der Waals surface area contributed by atoms with Gasteiger partial charge in [0, 0.05) is 43.7 Å². The molecule has 12 rings (SSSR count). The lowest BCUT2D eigenvalue weighted by atomic mass is 10.0. The standard InChI is InChI=1S/C54H35N3/c1-4-15-36(16-5-1)38-29-32-41(33-30-38)56(48-25-14-28-51-52(48)44-23-12-22-43-42-21-10-11-24-46(42)57(51)54(43)44)50-27-13-26-49-53(50)45-35-39(37-17-6-2-7-18-37)31-34-47(45)55(49)40-19-8-3-9-20-40/h1-35H. The van der Waals surface area contributed by atoms with Crippen LogP contribution in [0.1, 0.15) is 0 Å². The molecule has 12 aromatic rings. The second-order valence-corrected chi connectivity index (χ2v) is 14.9. The monoisotopic (exact) mass is 725 g/mol. The molecule has 3 heterocycles. The lowest BCUT2D eigenvalue weighted by Gasteiger charge is -2.28. The van der Waals surface area contributed by atoms with E-state index < -0.39 is 0 Å². The topological polar surface area (TPSA) is 12.6 Å². The van der Waals surface area contributed by atoms with Crippen LogP contribution in [0.3, 0.4) is 0 Å². The predicted molar refractivity (Wildman–Crippen MR) is 241 cm³/mol. The number of anilines is 3. The van der Waals surface area contributed by atoms with Crippen molar-refractivity contribution in [2.24, 2.45) is 0 Å². The molecule has 0 aliphatic heterocycles. The molecule has 0 saturated heterocycles. The van der Waals surface area contributed by atoms with Gasteiger partial charge in [-0.25, -0.2) is 0 Å². The average molecular weight is 726 g/mol. The van der Waals surface area contributed by atoms with Crippen LogP contribution in [0.2, 0.25) is 0 Å². The van der Waals surface area contributed by atoms with Crippen molar-refractivity contribution in [1.29, 1.82) is 0 Å². The predicted octanol–water partition coefficient (Wildman–Crippen LogP) is 14.7. The molecular weight excluding hydrogens is 691 g/mol. The Hall–Kier alpha value is -7.62. The van der Waals surface area contributed by atoms with E-state index in [9.17, 15) is 0 Å². The summed E-state index contributed by atoms with van der Waals surface area (Å²) in [5.41, 5.74) is 15.4. The Labute approximate surface area is 329 Å². The third-order valence-corrected chi connectivity index (χ3v) is 11.8. The van der Waals surface area contributed by atoms with Gasteiger partial charge in [0.25, 0.3) is 0 Å². The quantitative estimate of drug-likeness (QED) is 0.166. The Morgan fingerprint density at radius 2 is 0.842 bits per heavy atom. The molecule has 0 spiro atoms. The average Bonchev–Trinajstić information content (AvgIpc) is 3.93. The van der Waals surface area contributed by atoms with E-state index in [2.05, 4.69) is 226 Å². The number of fused-ring (bicyclic) bond motifs is 9. The fourth-order valence-electron chi connectivity index (χ4n) is 9.39. The number of benzene rings is 9. The van der Waals surface area contributed by atoms with Gasteiger partial charge >= 0.3 is 0 Å². The van der Waals surface area contributed by atoms with Crippen LogP contribution >= 0.6 is 0 Å². The van der Waals surface area contributed by atoms with E-state index in [1.165, 1.54) is 76.6 Å².